The van der Waals surface area contributed by atoms with Gasteiger partial charge < -0.3 is 5.11 Å². The van der Waals surface area contributed by atoms with Crippen LogP contribution in [0.5, 0.6) is 0 Å². The fourth-order valence-corrected chi connectivity index (χ4v) is 2.36. The van der Waals surface area contributed by atoms with Crippen LogP contribution >= 0.6 is 22.9 Å². The third-order valence-corrected chi connectivity index (χ3v) is 3.52. The van der Waals surface area contributed by atoms with Crippen molar-refractivity contribution in [3.05, 3.63) is 45.4 Å². The summed E-state index contributed by atoms with van der Waals surface area (Å²) in [5.74, 6) is 4.94. The molecule has 0 radical (unpaired) electrons. The number of benzene rings is 1. The molecule has 4 nitrogen and oxygen atoms in total. The molecule has 0 aliphatic carbocycles. The molecule has 2 aromatic rings. The van der Waals surface area contributed by atoms with E-state index < -0.39 is 0 Å². The monoisotopic (exact) mass is 306 g/mol. The van der Waals surface area contributed by atoms with E-state index in [9.17, 15) is 4.79 Å². The summed E-state index contributed by atoms with van der Waals surface area (Å²) >= 11 is 7.44. The molecule has 0 aliphatic rings. The highest BCUT2D eigenvalue weighted by Crippen LogP contribution is 2.20. The summed E-state index contributed by atoms with van der Waals surface area (Å²) in [5.41, 5.74) is 1.000. The van der Waals surface area contributed by atoms with Crippen molar-refractivity contribution in [2.45, 2.75) is 6.92 Å². The number of aliphatic hydroxyl groups is 1. The normalized spacial score (nSPS) is 9.75. The van der Waals surface area contributed by atoms with Gasteiger partial charge in [0.05, 0.1) is 5.02 Å². The second kappa shape index (κ2) is 6.53. The van der Waals surface area contributed by atoms with Crippen LogP contribution in [0, 0.1) is 18.8 Å². The number of nitrogens with one attached hydrogen (secondary N) is 1. The van der Waals surface area contributed by atoms with E-state index >= 15 is 0 Å². The van der Waals surface area contributed by atoms with Crippen LogP contribution < -0.4 is 5.32 Å². The van der Waals surface area contributed by atoms with Crippen molar-refractivity contribution < 1.29 is 9.90 Å². The molecular weight excluding hydrogens is 296 g/mol. The van der Waals surface area contributed by atoms with Gasteiger partial charge in [-0.05, 0) is 25.1 Å². The number of nitrogens with zero attached hydrogens (tertiary/aromatic N) is 1. The minimum absolute atomic E-state index is 0.234. The van der Waals surface area contributed by atoms with Crippen LogP contribution in [0.15, 0.2) is 24.4 Å². The number of aliphatic hydroxyl groups excluding tert-OH is 1. The zero-order valence-electron chi connectivity index (χ0n) is 10.6. The molecular formula is C14H11ClN2O2S. The van der Waals surface area contributed by atoms with Gasteiger partial charge >= 0.3 is 0 Å². The molecule has 0 spiro atoms. The van der Waals surface area contributed by atoms with Gasteiger partial charge in [0.2, 0.25) is 0 Å². The van der Waals surface area contributed by atoms with Gasteiger partial charge in [-0.15, -0.1) is 11.3 Å². The molecule has 0 fully saturated rings. The average molecular weight is 307 g/mol. The average Bonchev–Trinajstić information content (AvgIpc) is 2.82. The lowest BCUT2D eigenvalue weighted by molar-refractivity contribution is 0.102. The quantitative estimate of drug-likeness (QED) is 0.839. The number of amides is 1. The number of aryl methyl sites for hydroxylation is 1. The van der Waals surface area contributed by atoms with Crippen LogP contribution in [-0.2, 0) is 0 Å². The predicted molar refractivity (Wildman–Crippen MR) is 80.2 cm³/mol. The number of hydrogen-bond acceptors (Lipinski definition) is 4. The Bertz CT molecular complexity index is 701. The first kappa shape index (κ1) is 14.5. The fourth-order valence-electron chi connectivity index (χ4n) is 1.47. The zero-order valence-corrected chi connectivity index (χ0v) is 12.2. The number of aromatic nitrogens is 1. The number of carbonyl (C=O) groups excluding carboxylic acids is 1. The molecule has 20 heavy (non-hydrogen) atoms. The third-order valence-electron chi connectivity index (χ3n) is 2.38. The Hall–Kier alpha value is -1.87. The van der Waals surface area contributed by atoms with E-state index in [1.54, 1.807) is 24.4 Å². The Morgan fingerprint density at radius 3 is 2.95 bits per heavy atom. The molecule has 1 aromatic heterocycles. The van der Waals surface area contributed by atoms with Crippen molar-refractivity contribution in [3.8, 4) is 11.8 Å². The first-order chi connectivity index (χ1) is 9.60. The number of hydrogen-bond donors (Lipinski definition) is 2. The molecule has 0 bridgehead atoms. The highest BCUT2D eigenvalue weighted by atomic mass is 35.5. The molecule has 1 aromatic carbocycles. The third kappa shape index (κ3) is 3.58. The summed E-state index contributed by atoms with van der Waals surface area (Å²) in [6.45, 7) is 1.68. The number of halogens is 1. The molecule has 6 heteroatoms. The smallest absolute Gasteiger partial charge is 0.257 e. The number of rotatable bonds is 2. The second-order valence-corrected chi connectivity index (χ2v) is 5.53. The Labute approximate surface area is 125 Å². The van der Waals surface area contributed by atoms with E-state index in [0.29, 0.717) is 21.3 Å². The van der Waals surface area contributed by atoms with Crippen molar-refractivity contribution in [1.82, 2.24) is 4.98 Å². The Morgan fingerprint density at radius 2 is 2.35 bits per heavy atom. The van der Waals surface area contributed by atoms with Gasteiger partial charge in [0.1, 0.15) is 6.61 Å². The summed E-state index contributed by atoms with van der Waals surface area (Å²) in [6, 6.07) is 4.81. The molecule has 0 unspecified atom stereocenters. The SMILES string of the molecule is Cc1cnc(NC(=O)c2ccc(C#CCO)c(Cl)c2)s1. The second-order valence-electron chi connectivity index (χ2n) is 3.88. The van der Waals surface area contributed by atoms with E-state index in [1.807, 2.05) is 6.92 Å². The first-order valence-corrected chi connectivity index (χ1v) is 6.92. The van der Waals surface area contributed by atoms with E-state index in [2.05, 4.69) is 22.1 Å². The van der Waals surface area contributed by atoms with E-state index in [0.717, 1.165) is 4.88 Å². The maximum atomic E-state index is 12.0. The van der Waals surface area contributed by atoms with Crippen LogP contribution in [0.3, 0.4) is 0 Å². The first-order valence-electron chi connectivity index (χ1n) is 5.73. The Kier molecular flexibility index (Phi) is 4.74. The van der Waals surface area contributed by atoms with Crippen molar-refractivity contribution in [3.63, 3.8) is 0 Å². The van der Waals surface area contributed by atoms with Crippen molar-refractivity contribution in [1.29, 1.82) is 0 Å². The van der Waals surface area contributed by atoms with E-state index in [-0.39, 0.29) is 12.5 Å². The number of thiazole rings is 1. The van der Waals surface area contributed by atoms with E-state index in [4.69, 9.17) is 16.7 Å². The highest BCUT2D eigenvalue weighted by molar-refractivity contribution is 7.15. The standard InChI is InChI=1S/C14H11ClN2O2S/c1-9-8-16-14(20-9)17-13(19)11-5-4-10(3-2-6-18)12(15)7-11/h4-5,7-8,18H,6H2,1H3,(H,16,17,19). The molecule has 102 valence electrons. The van der Waals surface area contributed by atoms with Crippen molar-refractivity contribution in [2.24, 2.45) is 0 Å². The largest absolute Gasteiger partial charge is 0.384 e. The molecule has 2 rings (SSSR count). The zero-order chi connectivity index (χ0) is 14.5. The predicted octanol–water partition coefficient (Wildman–Crippen LogP) is 2.70. The summed E-state index contributed by atoms with van der Waals surface area (Å²) in [5, 5.41) is 12.3. The van der Waals surface area contributed by atoms with Gasteiger partial charge in [-0.25, -0.2) is 4.98 Å². The Morgan fingerprint density at radius 1 is 1.55 bits per heavy atom. The van der Waals surface area contributed by atoms with Crippen LogP contribution in [0.1, 0.15) is 20.8 Å². The highest BCUT2D eigenvalue weighted by Gasteiger charge is 2.10. The molecule has 1 heterocycles. The van der Waals surface area contributed by atoms with Crippen LogP contribution in [0.2, 0.25) is 5.02 Å². The van der Waals surface area contributed by atoms with Crippen LogP contribution in [0.4, 0.5) is 5.13 Å². The van der Waals surface area contributed by atoms with Gasteiger partial charge in [0, 0.05) is 22.2 Å². The Balaban J connectivity index is 2.16. The van der Waals surface area contributed by atoms with Gasteiger partial charge in [-0.1, -0.05) is 23.4 Å². The molecule has 0 saturated heterocycles. The minimum Gasteiger partial charge on any atom is -0.384 e. The number of carbonyl (C=O) groups is 1. The van der Waals surface area contributed by atoms with Gasteiger partial charge in [-0.2, -0.15) is 0 Å². The lowest BCUT2D eigenvalue weighted by atomic mass is 10.1. The van der Waals surface area contributed by atoms with E-state index in [1.165, 1.54) is 11.3 Å². The molecule has 2 N–H and O–H groups in total. The van der Waals surface area contributed by atoms with Crippen molar-refractivity contribution in [2.75, 3.05) is 11.9 Å². The summed E-state index contributed by atoms with van der Waals surface area (Å²) < 4.78 is 0. The van der Waals surface area contributed by atoms with Crippen LogP contribution in [-0.4, -0.2) is 22.6 Å². The van der Waals surface area contributed by atoms with Gasteiger partial charge in [-0.3, -0.25) is 10.1 Å². The summed E-state index contributed by atoms with van der Waals surface area (Å²) in [6.07, 6.45) is 1.70. The lowest BCUT2D eigenvalue weighted by Gasteiger charge is -2.03. The van der Waals surface area contributed by atoms with Gasteiger partial charge in [0.15, 0.2) is 5.13 Å². The fraction of sp³-hybridized carbons (Fsp3) is 0.143. The maximum absolute atomic E-state index is 12.0. The van der Waals surface area contributed by atoms with Crippen LogP contribution in [0.25, 0.3) is 0 Å². The summed E-state index contributed by atoms with van der Waals surface area (Å²) in [7, 11) is 0. The number of anilines is 1. The summed E-state index contributed by atoms with van der Waals surface area (Å²) in [4.78, 5) is 17.1. The molecule has 0 aliphatic heterocycles. The molecule has 0 saturated carbocycles. The van der Waals surface area contributed by atoms with Crippen molar-refractivity contribution >= 4 is 34.0 Å². The molecule has 1 amide bonds. The molecule has 0 atom stereocenters. The topological polar surface area (TPSA) is 62.2 Å². The maximum Gasteiger partial charge on any atom is 0.257 e. The lowest BCUT2D eigenvalue weighted by Crippen LogP contribution is -2.11. The van der Waals surface area contributed by atoms with Gasteiger partial charge in [0.25, 0.3) is 5.91 Å². The minimum atomic E-state index is -0.275.